The number of hydrogen-bond donors (Lipinski definition) is 0. The molecule has 0 saturated heterocycles. The second kappa shape index (κ2) is 6.31. The molecule has 0 spiro atoms. The lowest BCUT2D eigenvalue weighted by Gasteiger charge is -2.12. The summed E-state index contributed by atoms with van der Waals surface area (Å²) in [6.45, 7) is 0. The molecule has 2 nitrogen and oxygen atoms in total. The molecule has 88 valence electrons. The minimum atomic E-state index is 1.20. The first-order chi connectivity index (χ1) is 7.58. The zero-order valence-electron chi connectivity index (χ0n) is 10.9. The maximum atomic E-state index is 2.31. The highest BCUT2D eigenvalue weighted by Crippen LogP contribution is 2.22. The van der Waals surface area contributed by atoms with Gasteiger partial charge in [0.2, 0.25) is 0 Å². The molecule has 1 rings (SSSR count). The molecule has 0 N–H and O–H groups in total. The maximum Gasteiger partial charge on any atom is 0.163 e. The van der Waals surface area contributed by atoms with Gasteiger partial charge in [0.05, 0.1) is 0 Å². The Bertz CT molecular complexity index is 340. The molecule has 1 aliphatic rings. The third-order valence-electron chi connectivity index (χ3n) is 2.48. The smallest absolute Gasteiger partial charge is 0.163 e. The first-order valence-corrected chi connectivity index (χ1v) is 5.83. The standard InChI is InChI=1S/C14H23N2/c1-15(2)10-8-13-6-5-7-14(12-13)9-11-16(3)4/h8-12H,5-7H2,1-4H3/q+1. The first-order valence-electron chi connectivity index (χ1n) is 5.83. The molecule has 1 aliphatic carbocycles. The molecule has 0 saturated carbocycles. The Morgan fingerprint density at radius 1 is 1.25 bits per heavy atom. The molecule has 0 heterocycles. The molecule has 16 heavy (non-hydrogen) atoms. The van der Waals surface area contributed by atoms with Gasteiger partial charge in [0.15, 0.2) is 6.21 Å². The quantitative estimate of drug-likeness (QED) is 0.522. The lowest BCUT2D eigenvalue weighted by molar-refractivity contribution is -0.458. The third-order valence-corrected chi connectivity index (χ3v) is 2.48. The van der Waals surface area contributed by atoms with Crippen LogP contribution in [-0.4, -0.2) is 43.9 Å². The molecule has 0 fully saturated rings. The third kappa shape index (κ3) is 4.96. The predicted molar refractivity (Wildman–Crippen MR) is 71.0 cm³/mol. The van der Waals surface area contributed by atoms with Crippen LogP contribution in [0.3, 0.4) is 0 Å². The fraction of sp³-hybridized carbons (Fsp3) is 0.500. The first kappa shape index (κ1) is 12.8. The lowest BCUT2D eigenvalue weighted by Crippen LogP contribution is -2.01. The molecular formula is C14H23N2+. The minimum Gasteiger partial charge on any atom is -0.383 e. The largest absolute Gasteiger partial charge is 0.383 e. The van der Waals surface area contributed by atoms with Crippen molar-refractivity contribution in [1.82, 2.24) is 4.90 Å². The van der Waals surface area contributed by atoms with Crippen LogP contribution >= 0.6 is 0 Å². The molecule has 0 amide bonds. The Hall–Kier alpha value is -1.31. The van der Waals surface area contributed by atoms with E-state index in [2.05, 4.69) is 68.3 Å². The molecule has 0 radical (unpaired) electrons. The number of allylic oxidation sites excluding steroid dienone is 5. The van der Waals surface area contributed by atoms with E-state index in [4.69, 9.17) is 0 Å². The Kier molecular flexibility index (Phi) is 5.03. The zero-order valence-corrected chi connectivity index (χ0v) is 10.9. The Morgan fingerprint density at radius 3 is 2.62 bits per heavy atom. The Morgan fingerprint density at radius 2 is 2.00 bits per heavy atom. The van der Waals surface area contributed by atoms with Crippen molar-refractivity contribution in [1.29, 1.82) is 0 Å². The van der Waals surface area contributed by atoms with Crippen molar-refractivity contribution in [2.75, 3.05) is 28.2 Å². The molecule has 0 aromatic carbocycles. The molecule has 0 unspecified atom stereocenters. The van der Waals surface area contributed by atoms with Crippen LogP contribution in [0.5, 0.6) is 0 Å². The van der Waals surface area contributed by atoms with Gasteiger partial charge in [-0.25, -0.2) is 4.58 Å². The average molecular weight is 219 g/mol. The van der Waals surface area contributed by atoms with Crippen molar-refractivity contribution in [3.05, 3.63) is 35.6 Å². The van der Waals surface area contributed by atoms with Crippen molar-refractivity contribution < 1.29 is 4.58 Å². The van der Waals surface area contributed by atoms with Gasteiger partial charge in [0.1, 0.15) is 14.1 Å². The summed E-state index contributed by atoms with van der Waals surface area (Å²) in [5, 5.41) is 0. The van der Waals surface area contributed by atoms with E-state index in [9.17, 15) is 0 Å². The minimum absolute atomic E-state index is 1.20. The van der Waals surface area contributed by atoms with Gasteiger partial charge in [-0.15, -0.1) is 0 Å². The summed E-state index contributed by atoms with van der Waals surface area (Å²) in [5.74, 6) is 0. The fourth-order valence-electron chi connectivity index (χ4n) is 1.63. The molecular weight excluding hydrogens is 196 g/mol. The van der Waals surface area contributed by atoms with E-state index in [-0.39, 0.29) is 0 Å². The normalized spacial score (nSPS) is 18.8. The van der Waals surface area contributed by atoms with E-state index in [0.717, 1.165) is 0 Å². The van der Waals surface area contributed by atoms with Crippen molar-refractivity contribution in [2.24, 2.45) is 0 Å². The van der Waals surface area contributed by atoms with E-state index < -0.39 is 0 Å². The van der Waals surface area contributed by atoms with E-state index in [1.165, 1.54) is 30.4 Å². The molecule has 0 aromatic heterocycles. The molecule has 0 aromatic rings. The van der Waals surface area contributed by atoms with E-state index in [0.29, 0.717) is 0 Å². The average Bonchev–Trinajstić information content (AvgIpc) is 2.24. The summed E-state index contributed by atoms with van der Waals surface area (Å²) < 4.78 is 2.07. The summed E-state index contributed by atoms with van der Waals surface area (Å²) in [6, 6.07) is 0. The molecule has 0 bridgehead atoms. The van der Waals surface area contributed by atoms with Gasteiger partial charge in [-0.1, -0.05) is 6.08 Å². The van der Waals surface area contributed by atoms with E-state index in [1.54, 1.807) is 0 Å². The van der Waals surface area contributed by atoms with Gasteiger partial charge in [0.25, 0.3) is 0 Å². The molecule has 0 aliphatic heterocycles. The second-order valence-corrected chi connectivity index (χ2v) is 4.71. The van der Waals surface area contributed by atoms with Crippen LogP contribution < -0.4 is 0 Å². The van der Waals surface area contributed by atoms with E-state index in [1.807, 2.05) is 0 Å². The number of rotatable bonds is 3. The summed E-state index contributed by atoms with van der Waals surface area (Å²) in [6.07, 6.45) is 14.6. The number of hydrogen-bond acceptors (Lipinski definition) is 1. The SMILES string of the molecule is CN(C)/C=C/C1=CC(=C/C=[N+](C)C)/CCC1. The number of nitrogens with zero attached hydrogens (tertiary/aromatic N) is 2. The van der Waals surface area contributed by atoms with Crippen molar-refractivity contribution in [3.8, 4) is 0 Å². The maximum absolute atomic E-state index is 2.31. The highest BCUT2D eigenvalue weighted by atomic mass is 15.0. The van der Waals surface area contributed by atoms with Crippen LogP contribution in [0.25, 0.3) is 0 Å². The van der Waals surface area contributed by atoms with Crippen LogP contribution in [0.1, 0.15) is 19.3 Å². The Balaban J connectivity index is 2.73. The summed E-state index contributed by atoms with van der Waals surface area (Å²) in [4.78, 5) is 2.07. The van der Waals surface area contributed by atoms with Crippen LogP contribution in [0, 0.1) is 0 Å². The van der Waals surface area contributed by atoms with Gasteiger partial charge >= 0.3 is 0 Å². The van der Waals surface area contributed by atoms with Gasteiger partial charge in [-0.2, -0.15) is 0 Å². The van der Waals surface area contributed by atoms with Crippen LogP contribution in [0.2, 0.25) is 0 Å². The van der Waals surface area contributed by atoms with Crippen LogP contribution in [0.4, 0.5) is 0 Å². The predicted octanol–water partition coefficient (Wildman–Crippen LogP) is 2.44. The molecule has 0 atom stereocenters. The van der Waals surface area contributed by atoms with Crippen molar-refractivity contribution >= 4 is 6.21 Å². The van der Waals surface area contributed by atoms with E-state index >= 15 is 0 Å². The summed E-state index contributed by atoms with van der Waals surface area (Å²) >= 11 is 0. The Labute approximate surface area is 99.3 Å². The van der Waals surface area contributed by atoms with Crippen molar-refractivity contribution in [3.63, 3.8) is 0 Å². The molecule has 2 heteroatoms. The highest BCUT2D eigenvalue weighted by Gasteiger charge is 2.04. The van der Waals surface area contributed by atoms with Crippen molar-refractivity contribution in [2.45, 2.75) is 19.3 Å². The second-order valence-electron chi connectivity index (χ2n) is 4.71. The van der Waals surface area contributed by atoms with Gasteiger partial charge in [-0.05, 0) is 42.7 Å². The topological polar surface area (TPSA) is 6.25 Å². The summed E-state index contributed by atoms with van der Waals surface area (Å²) in [7, 11) is 8.21. The van der Waals surface area contributed by atoms with Crippen LogP contribution in [-0.2, 0) is 0 Å². The highest BCUT2D eigenvalue weighted by molar-refractivity contribution is 5.68. The zero-order chi connectivity index (χ0) is 12.0. The van der Waals surface area contributed by atoms with Crippen LogP contribution in [0.15, 0.2) is 35.6 Å². The van der Waals surface area contributed by atoms with Gasteiger partial charge < -0.3 is 4.90 Å². The monoisotopic (exact) mass is 219 g/mol. The fourth-order valence-corrected chi connectivity index (χ4v) is 1.63. The van der Waals surface area contributed by atoms with Gasteiger partial charge in [-0.3, -0.25) is 0 Å². The lowest BCUT2D eigenvalue weighted by atomic mass is 9.95. The van der Waals surface area contributed by atoms with Gasteiger partial charge in [0, 0.05) is 20.2 Å². The summed E-state index contributed by atoms with van der Waals surface area (Å²) in [5.41, 5.74) is 2.86.